The molecule has 0 saturated carbocycles. The molecule has 1 saturated heterocycles. The Balaban J connectivity index is 2.47. The first-order valence-electron chi connectivity index (χ1n) is 6.35. The monoisotopic (exact) mass is 355 g/mol. The van der Waals surface area contributed by atoms with Gasteiger partial charge in [0.25, 0.3) is 0 Å². The number of nitrogens with zero attached hydrogens (tertiary/aromatic N) is 1. The second-order valence-corrected chi connectivity index (χ2v) is 9.45. The number of hydrogen-bond donors (Lipinski definition) is 0. The predicted octanol–water partition coefficient (Wildman–Crippen LogP) is 3.22. The third-order valence-electron chi connectivity index (χ3n) is 3.22. The molecule has 0 spiro atoms. The van der Waals surface area contributed by atoms with Gasteiger partial charge >= 0.3 is 0 Å². The molecular formula is C13H16ClF2NO2S2. The Morgan fingerprint density at radius 2 is 2.05 bits per heavy atom. The molecule has 21 heavy (non-hydrogen) atoms. The second kappa shape index (κ2) is 6.02. The van der Waals surface area contributed by atoms with Crippen molar-refractivity contribution >= 4 is 33.4 Å². The van der Waals surface area contributed by atoms with E-state index in [0.29, 0.717) is 5.75 Å². The second-order valence-electron chi connectivity index (χ2n) is 5.47. The fraction of sp³-hybridized carbons (Fsp3) is 0.538. The summed E-state index contributed by atoms with van der Waals surface area (Å²) in [5.41, 5.74) is 0.236. The zero-order chi connectivity index (χ0) is 15.8. The Bertz CT molecular complexity index is 650. The fourth-order valence-electron chi connectivity index (χ4n) is 2.20. The molecule has 0 radical (unpaired) electrons. The number of alkyl halides is 1. The van der Waals surface area contributed by atoms with Crippen LogP contribution in [0, 0.1) is 11.6 Å². The smallest absolute Gasteiger partial charge is 0.207 e. The lowest BCUT2D eigenvalue weighted by Gasteiger charge is -2.36. The van der Waals surface area contributed by atoms with E-state index in [1.165, 1.54) is 4.31 Å². The van der Waals surface area contributed by atoms with Crippen LogP contribution in [0.2, 0.25) is 0 Å². The average molecular weight is 356 g/mol. The summed E-state index contributed by atoms with van der Waals surface area (Å²) in [6.45, 7) is 4.38. The summed E-state index contributed by atoms with van der Waals surface area (Å²) in [5.74, 6) is -2.01. The number of benzene rings is 1. The van der Waals surface area contributed by atoms with Crippen LogP contribution in [0.25, 0.3) is 0 Å². The topological polar surface area (TPSA) is 37.4 Å². The highest BCUT2D eigenvalue weighted by atomic mass is 35.5. The van der Waals surface area contributed by atoms with Gasteiger partial charge in [-0.3, -0.25) is 0 Å². The summed E-state index contributed by atoms with van der Waals surface area (Å²) in [7, 11) is -4.07. The van der Waals surface area contributed by atoms with Crippen molar-refractivity contribution in [3.8, 4) is 0 Å². The van der Waals surface area contributed by atoms with Crippen LogP contribution in [0.4, 0.5) is 8.78 Å². The molecule has 1 aromatic rings. The minimum Gasteiger partial charge on any atom is -0.207 e. The molecule has 1 aliphatic heterocycles. The maximum absolute atomic E-state index is 13.9. The molecule has 0 unspecified atom stereocenters. The Kier molecular flexibility index (Phi) is 4.87. The first-order chi connectivity index (χ1) is 9.67. The standard InChI is InChI=1S/C13H16ClF2NO2S2/c1-13(2)8-17(3-4-20-13)21(18,19)11-6-9(7-14)5-10(15)12(11)16/h5-6H,3-4,7-8H2,1-2H3. The van der Waals surface area contributed by atoms with Crippen molar-refractivity contribution in [1.82, 2.24) is 4.31 Å². The number of halogens is 3. The van der Waals surface area contributed by atoms with Crippen LogP contribution in [0.1, 0.15) is 19.4 Å². The van der Waals surface area contributed by atoms with Crippen LogP contribution in [-0.4, -0.2) is 36.3 Å². The van der Waals surface area contributed by atoms with Gasteiger partial charge in [-0.15, -0.1) is 11.6 Å². The zero-order valence-corrected chi connectivity index (χ0v) is 14.1. The third kappa shape index (κ3) is 3.52. The molecule has 1 heterocycles. The molecule has 118 valence electrons. The van der Waals surface area contributed by atoms with Crippen molar-refractivity contribution < 1.29 is 17.2 Å². The van der Waals surface area contributed by atoms with Crippen LogP contribution in [0.15, 0.2) is 17.0 Å². The van der Waals surface area contributed by atoms with Crippen LogP contribution in [-0.2, 0) is 15.9 Å². The van der Waals surface area contributed by atoms with Gasteiger partial charge in [0.1, 0.15) is 4.90 Å². The highest BCUT2D eigenvalue weighted by molar-refractivity contribution is 8.00. The van der Waals surface area contributed by atoms with Gasteiger partial charge in [0.15, 0.2) is 11.6 Å². The van der Waals surface area contributed by atoms with Crippen molar-refractivity contribution in [1.29, 1.82) is 0 Å². The molecule has 0 N–H and O–H groups in total. The molecule has 0 amide bonds. The van der Waals surface area contributed by atoms with E-state index in [1.807, 2.05) is 13.8 Å². The van der Waals surface area contributed by atoms with Crippen molar-refractivity contribution in [2.75, 3.05) is 18.8 Å². The fourth-order valence-corrected chi connectivity index (χ4v) is 5.39. The largest absolute Gasteiger partial charge is 0.246 e. The Hall–Kier alpha value is -0.370. The van der Waals surface area contributed by atoms with E-state index in [4.69, 9.17) is 11.6 Å². The summed E-state index contributed by atoms with van der Waals surface area (Å²) in [6.07, 6.45) is 0. The van der Waals surface area contributed by atoms with Crippen molar-refractivity contribution in [2.45, 2.75) is 29.4 Å². The van der Waals surface area contributed by atoms with E-state index in [9.17, 15) is 17.2 Å². The van der Waals surface area contributed by atoms with E-state index in [1.54, 1.807) is 11.8 Å². The van der Waals surface area contributed by atoms with Crippen LogP contribution < -0.4 is 0 Å². The van der Waals surface area contributed by atoms with Gasteiger partial charge in [-0.1, -0.05) is 0 Å². The van der Waals surface area contributed by atoms with Gasteiger partial charge < -0.3 is 0 Å². The molecule has 3 nitrogen and oxygen atoms in total. The highest BCUT2D eigenvalue weighted by Crippen LogP contribution is 2.33. The van der Waals surface area contributed by atoms with Gasteiger partial charge in [0, 0.05) is 29.5 Å². The van der Waals surface area contributed by atoms with Gasteiger partial charge in [0.05, 0.1) is 0 Å². The molecular weight excluding hydrogens is 340 g/mol. The molecule has 2 rings (SSSR count). The molecule has 0 atom stereocenters. The zero-order valence-electron chi connectivity index (χ0n) is 11.7. The van der Waals surface area contributed by atoms with Crippen molar-refractivity contribution in [2.24, 2.45) is 0 Å². The van der Waals surface area contributed by atoms with Gasteiger partial charge in [-0.2, -0.15) is 16.1 Å². The van der Waals surface area contributed by atoms with E-state index in [0.717, 1.165) is 12.1 Å². The third-order valence-corrected chi connectivity index (χ3v) is 6.67. The summed E-state index contributed by atoms with van der Waals surface area (Å²) in [5, 5.41) is 0. The molecule has 1 aliphatic rings. The van der Waals surface area contributed by atoms with Crippen LogP contribution in [0.5, 0.6) is 0 Å². The normalized spacial score (nSPS) is 19.7. The molecule has 0 bridgehead atoms. The molecule has 1 aromatic carbocycles. The lowest BCUT2D eigenvalue weighted by molar-refractivity contribution is 0.382. The van der Waals surface area contributed by atoms with Gasteiger partial charge in [0.2, 0.25) is 10.0 Å². The number of hydrogen-bond acceptors (Lipinski definition) is 3. The van der Waals surface area contributed by atoms with E-state index >= 15 is 0 Å². The maximum Gasteiger partial charge on any atom is 0.246 e. The molecule has 0 aliphatic carbocycles. The highest BCUT2D eigenvalue weighted by Gasteiger charge is 2.36. The first-order valence-corrected chi connectivity index (χ1v) is 9.31. The minimum atomic E-state index is -4.07. The number of sulfonamides is 1. The lowest BCUT2D eigenvalue weighted by Crippen LogP contribution is -2.46. The van der Waals surface area contributed by atoms with E-state index in [-0.39, 0.29) is 29.3 Å². The summed E-state index contributed by atoms with van der Waals surface area (Å²) < 4.78 is 53.6. The molecule has 1 fully saturated rings. The average Bonchev–Trinajstić information content (AvgIpc) is 2.40. The summed E-state index contributed by atoms with van der Waals surface area (Å²) in [6, 6.07) is 2.02. The number of thioether (sulfide) groups is 1. The maximum atomic E-state index is 13.9. The Labute approximate surface area is 132 Å². The number of rotatable bonds is 3. The van der Waals surface area contributed by atoms with Crippen LogP contribution >= 0.6 is 23.4 Å². The van der Waals surface area contributed by atoms with Gasteiger partial charge in [-0.05, 0) is 31.5 Å². The lowest BCUT2D eigenvalue weighted by atomic mass is 10.2. The molecule has 0 aromatic heterocycles. The summed E-state index contributed by atoms with van der Waals surface area (Å²) >= 11 is 7.26. The summed E-state index contributed by atoms with van der Waals surface area (Å²) in [4.78, 5) is -0.638. The van der Waals surface area contributed by atoms with E-state index in [2.05, 4.69) is 0 Å². The van der Waals surface area contributed by atoms with Crippen molar-refractivity contribution in [3.63, 3.8) is 0 Å². The van der Waals surface area contributed by atoms with Crippen molar-refractivity contribution in [3.05, 3.63) is 29.3 Å². The van der Waals surface area contributed by atoms with E-state index < -0.39 is 26.6 Å². The van der Waals surface area contributed by atoms with Gasteiger partial charge in [-0.25, -0.2) is 17.2 Å². The minimum absolute atomic E-state index is 0.0823. The SMILES string of the molecule is CC1(C)CN(S(=O)(=O)c2cc(CCl)cc(F)c2F)CCS1. The first kappa shape index (κ1) is 17.0. The Morgan fingerprint density at radius 1 is 1.38 bits per heavy atom. The quantitative estimate of drug-likeness (QED) is 0.781. The Morgan fingerprint density at radius 3 is 2.62 bits per heavy atom. The van der Waals surface area contributed by atoms with Crippen LogP contribution in [0.3, 0.4) is 0 Å². The molecule has 8 heteroatoms. The predicted molar refractivity (Wildman–Crippen MR) is 81.2 cm³/mol.